The molecule has 1 heterocycles. The van der Waals surface area contributed by atoms with Crippen molar-refractivity contribution in [1.82, 2.24) is 5.32 Å². The Morgan fingerprint density at radius 2 is 2.06 bits per heavy atom. The van der Waals surface area contributed by atoms with E-state index in [9.17, 15) is 0 Å². The summed E-state index contributed by atoms with van der Waals surface area (Å²) in [6, 6.07) is 10.2. The number of hydrogen-bond acceptors (Lipinski definition) is 1. The van der Waals surface area contributed by atoms with Crippen LogP contribution in [0.2, 0.25) is 0 Å². The summed E-state index contributed by atoms with van der Waals surface area (Å²) in [5, 5.41) is 3.85. The van der Waals surface area contributed by atoms with Crippen LogP contribution in [0.1, 0.15) is 62.6 Å². The van der Waals surface area contributed by atoms with Gasteiger partial charge in [0, 0.05) is 12.1 Å². The number of piperidine rings is 1. The van der Waals surface area contributed by atoms with Crippen molar-refractivity contribution in [3.8, 4) is 0 Å². The van der Waals surface area contributed by atoms with Gasteiger partial charge in [-0.2, -0.15) is 0 Å². The molecule has 1 fully saturated rings. The van der Waals surface area contributed by atoms with E-state index >= 15 is 0 Å². The first-order valence-electron chi connectivity index (χ1n) is 7.13. The molecule has 0 amide bonds. The van der Waals surface area contributed by atoms with Gasteiger partial charge >= 0.3 is 0 Å². The molecule has 0 unspecified atom stereocenters. The number of nitrogens with one attached hydrogen (secondary N) is 1. The van der Waals surface area contributed by atoms with Gasteiger partial charge in [0.05, 0.1) is 0 Å². The first-order chi connectivity index (χ1) is 8.31. The van der Waals surface area contributed by atoms with Crippen molar-refractivity contribution >= 4 is 0 Å². The van der Waals surface area contributed by atoms with Crippen molar-refractivity contribution in [2.24, 2.45) is 0 Å². The molecule has 1 aliphatic rings. The largest absolute Gasteiger partial charge is 0.307 e. The van der Waals surface area contributed by atoms with E-state index in [4.69, 9.17) is 0 Å². The van der Waals surface area contributed by atoms with Gasteiger partial charge in [-0.05, 0) is 37.3 Å². The van der Waals surface area contributed by atoms with E-state index in [2.05, 4.69) is 43.4 Å². The smallest absolute Gasteiger partial charge is 0.0325 e. The first-order valence-corrected chi connectivity index (χ1v) is 7.13. The summed E-state index contributed by atoms with van der Waals surface area (Å²) in [5.41, 5.74) is 2.94. The fraction of sp³-hybridized carbons (Fsp3) is 0.625. The summed E-state index contributed by atoms with van der Waals surface area (Å²) >= 11 is 0. The monoisotopic (exact) mass is 231 g/mol. The summed E-state index contributed by atoms with van der Waals surface area (Å²) in [7, 11) is 0. The molecule has 0 radical (unpaired) electrons. The van der Waals surface area contributed by atoms with Crippen molar-refractivity contribution in [2.75, 3.05) is 0 Å². The van der Waals surface area contributed by atoms with Gasteiger partial charge in [0.1, 0.15) is 0 Å². The Labute approximate surface area is 106 Å². The summed E-state index contributed by atoms with van der Waals surface area (Å²) in [6.45, 7) is 4.51. The van der Waals surface area contributed by atoms with Crippen LogP contribution in [0.4, 0.5) is 0 Å². The lowest BCUT2D eigenvalue weighted by atomic mass is 9.89. The zero-order valence-corrected chi connectivity index (χ0v) is 11.2. The third-order valence-corrected chi connectivity index (χ3v) is 3.95. The first kappa shape index (κ1) is 12.6. The van der Waals surface area contributed by atoms with E-state index in [0.29, 0.717) is 6.04 Å². The molecule has 2 atom stereocenters. The van der Waals surface area contributed by atoms with Crippen molar-refractivity contribution < 1.29 is 0 Å². The second-order valence-electron chi connectivity index (χ2n) is 5.35. The summed E-state index contributed by atoms with van der Waals surface area (Å²) in [6.07, 6.45) is 8.06. The molecule has 1 saturated heterocycles. The van der Waals surface area contributed by atoms with E-state index in [1.54, 1.807) is 0 Å². The zero-order valence-electron chi connectivity index (χ0n) is 11.2. The summed E-state index contributed by atoms with van der Waals surface area (Å²) < 4.78 is 0. The molecule has 0 saturated carbocycles. The molecule has 0 spiro atoms. The molecule has 94 valence electrons. The van der Waals surface area contributed by atoms with Gasteiger partial charge in [0.15, 0.2) is 0 Å². The molecule has 1 aromatic rings. The highest BCUT2D eigenvalue weighted by Gasteiger charge is 2.22. The van der Waals surface area contributed by atoms with Crippen LogP contribution in [0.5, 0.6) is 0 Å². The van der Waals surface area contributed by atoms with Crippen LogP contribution in [0.3, 0.4) is 0 Å². The lowest BCUT2D eigenvalue weighted by Crippen LogP contribution is -2.37. The van der Waals surface area contributed by atoms with Crippen molar-refractivity contribution in [2.45, 2.75) is 64.5 Å². The van der Waals surface area contributed by atoms with Crippen LogP contribution in [0, 0.1) is 6.92 Å². The van der Waals surface area contributed by atoms with Gasteiger partial charge in [0.2, 0.25) is 0 Å². The maximum absolute atomic E-state index is 3.85. The maximum atomic E-state index is 3.85. The van der Waals surface area contributed by atoms with E-state index in [1.165, 1.54) is 49.7 Å². The van der Waals surface area contributed by atoms with Gasteiger partial charge in [0.25, 0.3) is 0 Å². The lowest BCUT2D eigenvalue weighted by Gasteiger charge is -2.32. The van der Waals surface area contributed by atoms with E-state index in [-0.39, 0.29) is 0 Å². The topological polar surface area (TPSA) is 12.0 Å². The summed E-state index contributed by atoms with van der Waals surface area (Å²) in [4.78, 5) is 0. The standard InChI is InChI=1S/C16H25N/c1-3-4-9-14-10-7-12-16(17-14)15-11-6-5-8-13(15)2/h5-6,8,11,14,16-17H,3-4,7,9-10,12H2,1-2H3/t14-,16-/m1/s1. The fourth-order valence-electron chi connectivity index (χ4n) is 2.92. The third-order valence-electron chi connectivity index (χ3n) is 3.95. The molecule has 17 heavy (non-hydrogen) atoms. The Morgan fingerprint density at radius 3 is 2.82 bits per heavy atom. The Kier molecular flexibility index (Phi) is 4.61. The molecule has 1 N–H and O–H groups in total. The average molecular weight is 231 g/mol. The Balaban J connectivity index is 1.99. The number of rotatable bonds is 4. The highest BCUT2D eigenvalue weighted by Crippen LogP contribution is 2.28. The number of aryl methyl sites for hydroxylation is 1. The number of hydrogen-bond donors (Lipinski definition) is 1. The van der Waals surface area contributed by atoms with E-state index < -0.39 is 0 Å². The number of unbranched alkanes of at least 4 members (excludes halogenated alkanes) is 1. The molecule has 1 nitrogen and oxygen atoms in total. The van der Waals surface area contributed by atoms with Gasteiger partial charge in [-0.25, -0.2) is 0 Å². The minimum absolute atomic E-state index is 0.590. The Bertz CT molecular complexity index is 345. The highest BCUT2D eigenvalue weighted by molar-refractivity contribution is 5.29. The van der Waals surface area contributed by atoms with Crippen LogP contribution in [-0.2, 0) is 0 Å². The van der Waals surface area contributed by atoms with E-state index in [1.807, 2.05) is 0 Å². The minimum atomic E-state index is 0.590. The fourth-order valence-corrected chi connectivity index (χ4v) is 2.92. The second-order valence-corrected chi connectivity index (χ2v) is 5.35. The van der Waals surface area contributed by atoms with Crippen LogP contribution < -0.4 is 5.32 Å². The highest BCUT2D eigenvalue weighted by atomic mass is 15.0. The van der Waals surface area contributed by atoms with Gasteiger partial charge in [-0.3, -0.25) is 0 Å². The third kappa shape index (κ3) is 3.32. The lowest BCUT2D eigenvalue weighted by molar-refractivity contribution is 0.307. The van der Waals surface area contributed by atoms with Gasteiger partial charge in [-0.15, -0.1) is 0 Å². The van der Waals surface area contributed by atoms with Crippen molar-refractivity contribution in [1.29, 1.82) is 0 Å². The molecule has 0 aromatic heterocycles. The maximum Gasteiger partial charge on any atom is 0.0325 e. The molecular weight excluding hydrogens is 206 g/mol. The molecule has 1 heteroatoms. The summed E-state index contributed by atoms with van der Waals surface area (Å²) in [5.74, 6) is 0. The normalized spacial score (nSPS) is 24.8. The van der Waals surface area contributed by atoms with Crippen LogP contribution in [0.25, 0.3) is 0 Å². The number of benzene rings is 1. The van der Waals surface area contributed by atoms with Crippen molar-refractivity contribution in [3.63, 3.8) is 0 Å². The van der Waals surface area contributed by atoms with Gasteiger partial charge in [-0.1, -0.05) is 50.5 Å². The van der Waals surface area contributed by atoms with Gasteiger partial charge < -0.3 is 5.32 Å². The zero-order chi connectivity index (χ0) is 12.1. The Hall–Kier alpha value is -0.820. The predicted octanol–water partition coefficient (Wildman–Crippen LogP) is 4.37. The molecule has 0 bridgehead atoms. The Morgan fingerprint density at radius 1 is 1.24 bits per heavy atom. The average Bonchev–Trinajstić information content (AvgIpc) is 2.37. The van der Waals surface area contributed by atoms with E-state index in [0.717, 1.165) is 6.04 Å². The quantitative estimate of drug-likeness (QED) is 0.811. The molecule has 1 aliphatic heterocycles. The second kappa shape index (κ2) is 6.20. The van der Waals surface area contributed by atoms with Crippen LogP contribution in [0.15, 0.2) is 24.3 Å². The predicted molar refractivity (Wildman–Crippen MR) is 74.2 cm³/mol. The molecule has 1 aromatic carbocycles. The minimum Gasteiger partial charge on any atom is -0.307 e. The molecule has 2 rings (SSSR count). The molecular formula is C16H25N. The van der Waals surface area contributed by atoms with Crippen LogP contribution in [-0.4, -0.2) is 6.04 Å². The van der Waals surface area contributed by atoms with Crippen LogP contribution >= 0.6 is 0 Å². The van der Waals surface area contributed by atoms with Crippen molar-refractivity contribution in [3.05, 3.63) is 35.4 Å². The SMILES string of the molecule is CCCC[C@@H]1CCC[C@H](c2ccccc2C)N1. The molecule has 0 aliphatic carbocycles.